The highest BCUT2D eigenvalue weighted by Crippen LogP contribution is 2.26. The van der Waals surface area contributed by atoms with Crippen LogP contribution in [0, 0.1) is 19.7 Å². The Morgan fingerprint density at radius 1 is 1.29 bits per heavy atom. The van der Waals surface area contributed by atoms with Gasteiger partial charge in [-0.25, -0.2) is 9.37 Å². The molecule has 0 bridgehead atoms. The maximum absolute atomic E-state index is 13.4. The molecule has 0 amide bonds. The van der Waals surface area contributed by atoms with E-state index in [1.165, 1.54) is 12.1 Å². The first kappa shape index (κ1) is 17.6. The second-order valence-corrected chi connectivity index (χ2v) is 5.21. The lowest BCUT2D eigenvalue weighted by atomic mass is 10.1. The van der Waals surface area contributed by atoms with Gasteiger partial charge < -0.3 is 10.2 Å². The molecular weight excluding hydrogens is 313 g/mol. The molecule has 24 heavy (non-hydrogen) atoms. The summed E-state index contributed by atoms with van der Waals surface area (Å²) in [5.41, 5.74) is 4.19. The van der Waals surface area contributed by atoms with Crippen LogP contribution in [0.1, 0.15) is 11.3 Å². The Kier molecular flexibility index (Phi) is 5.59. The fourth-order valence-corrected chi connectivity index (χ4v) is 2.50. The van der Waals surface area contributed by atoms with Crippen LogP contribution in [-0.4, -0.2) is 38.1 Å². The molecule has 0 unspecified atom stereocenters. The van der Waals surface area contributed by atoms with Gasteiger partial charge in [0.25, 0.3) is 6.47 Å². The predicted octanol–water partition coefficient (Wildman–Crippen LogP) is 2.55. The van der Waals surface area contributed by atoms with Crippen molar-refractivity contribution in [1.29, 1.82) is 0 Å². The fraction of sp³-hybridized carbons (Fsp3) is 0.235. The third-order valence-electron chi connectivity index (χ3n) is 3.53. The molecule has 0 saturated heterocycles. The van der Waals surface area contributed by atoms with Crippen molar-refractivity contribution in [3.05, 3.63) is 47.5 Å². The van der Waals surface area contributed by atoms with E-state index in [0.717, 1.165) is 27.9 Å². The molecule has 6 nitrogen and oxygen atoms in total. The van der Waals surface area contributed by atoms with Crippen LogP contribution in [0.3, 0.4) is 0 Å². The van der Waals surface area contributed by atoms with Gasteiger partial charge in [0, 0.05) is 23.2 Å². The van der Waals surface area contributed by atoms with Crippen molar-refractivity contribution in [2.24, 2.45) is 0 Å². The number of aliphatic hydroxyl groups is 1. The average molecular weight is 331 g/mol. The maximum Gasteiger partial charge on any atom is 0.290 e. The van der Waals surface area contributed by atoms with E-state index in [1.54, 1.807) is 10.7 Å². The van der Waals surface area contributed by atoms with E-state index in [1.807, 2.05) is 26.1 Å². The Morgan fingerprint density at radius 2 is 2.00 bits per heavy atom. The summed E-state index contributed by atoms with van der Waals surface area (Å²) in [5.74, 6) is -0.292. The number of aromatic nitrogens is 3. The molecule has 0 fully saturated rings. The van der Waals surface area contributed by atoms with E-state index in [9.17, 15) is 4.39 Å². The number of carbonyl (C=O) groups is 1. The number of rotatable bonds is 3. The monoisotopic (exact) mass is 331 g/mol. The summed E-state index contributed by atoms with van der Waals surface area (Å²) in [6, 6.07) is 6.62. The van der Waals surface area contributed by atoms with Crippen LogP contribution in [-0.2, 0) is 11.3 Å². The first-order valence-corrected chi connectivity index (χ1v) is 7.30. The molecule has 2 N–H and O–H groups in total. The lowest BCUT2D eigenvalue weighted by Crippen LogP contribution is -2.02. The zero-order chi connectivity index (χ0) is 17.7. The van der Waals surface area contributed by atoms with Gasteiger partial charge in [-0.05, 0) is 37.6 Å². The van der Waals surface area contributed by atoms with Gasteiger partial charge in [0.15, 0.2) is 0 Å². The van der Waals surface area contributed by atoms with Gasteiger partial charge in [-0.2, -0.15) is 5.10 Å². The van der Waals surface area contributed by atoms with E-state index in [-0.39, 0.29) is 18.9 Å². The lowest BCUT2D eigenvalue weighted by Gasteiger charge is -2.06. The molecule has 126 valence electrons. The molecule has 2 aromatic heterocycles. The Morgan fingerprint density at radius 3 is 2.67 bits per heavy atom. The predicted molar refractivity (Wildman–Crippen MR) is 88.2 cm³/mol. The maximum atomic E-state index is 13.4. The fourth-order valence-electron chi connectivity index (χ4n) is 2.50. The highest BCUT2D eigenvalue weighted by atomic mass is 19.1. The van der Waals surface area contributed by atoms with Gasteiger partial charge in [0.05, 0.1) is 30.1 Å². The van der Waals surface area contributed by atoms with Crippen LogP contribution >= 0.6 is 0 Å². The summed E-state index contributed by atoms with van der Waals surface area (Å²) in [7, 11) is 0. The normalized spacial score (nSPS) is 10.3. The SMILES string of the molecule is Cc1nn(CCO)cc1-c1cc(C)c2ccc(F)cc2n1.O=CO. The Hall–Kier alpha value is -2.80. The molecule has 0 saturated carbocycles. The topological polar surface area (TPSA) is 88.2 Å². The number of aryl methyl sites for hydroxylation is 2. The number of halogens is 1. The van der Waals surface area contributed by atoms with Crippen LogP contribution in [0.2, 0.25) is 0 Å². The van der Waals surface area contributed by atoms with Crippen LogP contribution < -0.4 is 0 Å². The molecular formula is C17H18FN3O3. The zero-order valence-electron chi connectivity index (χ0n) is 13.4. The minimum absolute atomic E-state index is 0.0376. The van der Waals surface area contributed by atoms with Gasteiger partial charge in [-0.3, -0.25) is 9.48 Å². The van der Waals surface area contributed by atoms with Crippen LogP contribution in [0.4, 0.5) is 4.39 Å². The number of nitrogens with zero attached hydrogens (tertiary/aromatic N) is 3. The van der Waals surface area contributed by atoms with Crippen molar-refractivity contribution in [2.45, 2.75) is 20.4 Å². The molecule has 0 radical (unpaired) electrons. The molecule has 1 aromatic carbocycles. The van der Waals surface area contributed by atoms with Crippen LogP contribution in [0.5, 0.6) is 0 Å². The van der Waals surface area contributed by atoms with Crippen molar-refractivity contribution in [1.82, 2.24) is 14.8 Å². The van der Waals surface area contributed by atoms with Crippen LogP contribution in [0.25, 0.3) is 22.2 Å². The van der Waals surface area contributed by atoms with E-state index < -0.39 is 0 Å². The number of hydrogen-bond donors (Lipinski definition) is 2. The summed E-state index contributed by atoms with van der Waals surface area (Å²) >= 11 is 0. The molecule has 3 aromatic rings. The third-order valence-corrected chi connectivity index (χ3v) is 3.53. The highest BCUT2D eigenvalue weighted by molar-refractivity contribution is 5.85. The minimum atomic E-state index is -0.292. The van der Waals surface area contributed by atoms with Crippen molar-refractivity contribution in [3.8, 4) is 11.3 Å². The summed E-state index contributed by atoms with van der Waals surface area (Å²) in [5, 5.41) is 21.2. The van der Waals surface area contributed by atoms with E-state index in [2.05, 4.69) is 10.1 Å². The summed E-state index contributed by atoms with van der Waals surface area (Å²) in [6.07, 6.45) is 1.86. The van der Waals surface area contributed by atoms with Gasteiger partial charge in [0.2, 0.25) is 0 Å². The number of pyridine rings is 1. The second-order valence-electron chi connectivity index (χ2n) is 5.21. The molecule has 2 heterocycles. The average Bonchev–Trinajstić information content (AvgIpc) is 2.88. The quantitative estimate of drug-likeness (QED) is 0.720. The van der Waals surface area contributed by atoms with Crippen molar-refractivity contribution < 1.29 is 19.4 Å². The molecule has 0 aliphatic carbocycles. The molecule has 0 aliphatic heterocycles. The molecule has 0 spiro atoms. The molecule has 0 atom stereocenters. The summed E-state index contributed by atoms with van der Waals surface area (Å²) in [6.45, 7) is 4.12. The second kappa shape index (κ2) is 7.65. The smallest absolute Gasteiger partial charge is 0.290 e. The number of fused-ring (bicyclic) bond motifs is 1. The summed E-state index contributed by atoms with van der Waals surface area (Å²) in [4.78, 5) is 12.9. The molecule has 3 rings (SSSR count). The van der Waals surface area contributed by atoms with Gasteiger partial charge in [0.1, 0.15) is 5.82 Å². The van der Waals surface area contributed by atoms with Crippen molar-refractivity contribution >= 4 is 17.4 Å². The zero-order valence-corrected chi connectivity index (χ0v) is 13.4. The Bertz CT molecular complexity index is 862. The summed E-state index contributed by atoms with van der Waals surface area (Å²) < 4.78 is 15.1. The van der Waals surface area contributed by atoms with Gasteiger partial charge >= 0.3 is 0 Å². The number of carboxylic acid groups (broad SMARTS) is 1. The lowest BCUT2D eigenvalue weighted by molar-refractivity contribution is -0.122. The standard InChI is InChI=1S/C16H16FN3O.CH2O2/c1-10-7-15(14-9-20(5-6-21)19-11(14)2)18-16-8-12(17)3-4-13(10)16;2-1-3/h3-4,7-9,21H,5-6H2,1-2H3;1H,(H,2,3). The first-order valence-electron chi connectivity index (χ1n) is 7.30. The third kappa shape index (κ3) is 3.75. The van der Waals surface area contributed by atoms with Crippen LogP contribution in [0.15, 0.2) is 30.5 Å². The van der Waals surface area contributed by atoms with E-state index in [4.69, 9.17) is 15.0 Å². The highest BCUT2D eigenvalue weighted by Gasteiger charge is 2.11. The first-order chi connectivity index (χ1) is 11.5. The van der Waals surface area contributed by atoms with Crippen molar-refractivity contribution in [3.63, 3.8) is 0 Å². The number of aliphatic hydroxyl groups excluding tert-OH is 1. The minimum Gasteiger partial charge on any atom is -0.483 e. The van der Waals surface area contributed by atoms with Gasteiger partial charge in [-0.15, -0.1) is 0 Å². The van der Waals surface area contributed by atoms with Crippen molar-refractivity contribution in [2.75, 3.05) is 6.61 Å². The molecule has 0 aliphatic rings. The van der Waals surface area contributed by atoms with E-state index in [0.29, 0.717) is 12.1 Å². The number of benzene rings is 1. The Labute approximate surface area is 138 Å². The molecule has 7 heteroatoms. The van der Waals surface area contributed by atoms with E-state index >= 15 is 0 Å². The van der Waals surface area contributed by atoms with Gasteiger partial charge in [-0.1, -0.05) is 0 Å². The largest absolute Gasteiger partial charge is 0.483 e. The Balaban J connectivity index is 0.000000647. The number of hydrogen-bond acceptors (Lipinski definition) is 4.